The topological polar surface area (TPSA) is 84.3 Å². The van der Waals surface area contributed by atoms with E-state index in [2.05, 4.69) is 89.0 Å². The standard InChI is InChI=1S/C21H28N6O2/c1-13(2)20-22-18(28-24-20)11-26-10-15(5)27(17-9-7-6-8-16(17)26)12-19-23-21(14(3)4)25-29-19/h6-9,13-15H,10-12H2,1-5H3/t15-/m0/s1. The van der Waals surface area contributed by atoms with E-state index in [0.29, 0.717) is 24.9 Å². The first kappa shape index (κ1) is 19.4. The molecular formula is C21H28N6O2. The smallest absolute Gasteiger partial charge is 0.246 e. The lowest BCUT2D eigenvalue weighted by molar-refractivity contribution is 0.359. The summed E-state index contributed by atoms with van der Waals surface area (Å²) in [5.41, 5.74) is 2.28. The highest BCUT2D eigenvalue weighted by atomic mass is 16.5. The first-order valence-electron chi connectivity index (χ1n) is 10.2. The molecule has 8 heteroatoms. The number of hydrogen-bond donors (Lipinski definition) is 0. The van der Waals surface area contributed by atoms with Crippen LogP contribution in [0.1, 0.15) is 69.9 Å². The van der Waals surface area contributed by atoms with Crippen molar-refractivity contribution in [3.63, 3.8) is 0 Å². The summed E-state index contributed by atoms with van der Waals surface area (Å²) in [6.45, 7) is 12.5. The molecule has 3 heterocycles. The van der Waals surface area contributed by atoms with Crippen LogP contribution in [0.3, 0.4) is 0 Å². The zero-order valence-corrected chi connectivity index (χ0v) is 17.7. The summed E-state index contributed by atoms with van der Waals surface area (Å²) in [5.74, 6) is 3.28. The molecule has 0 saturated carbocycles. The summed E-state index contributed by atoms with van der Waals surface area (Å²) in [4.78, 5) is 13.7. The molecule has 0 N–H and O–H groups in total. The van der Waals surface area contributed by atoms with Crippen LogP contribution in [0.2, 0.25) is 0 Å². The van der Waals surface area contributed by atoms with Gasteiger partial charge < -0.3 is 18.8 Å². The fourth-order valence-electron chi connectivity index (χ4n) is 3.56. The van der Waals surface area contributed by atoms with Crippen LogP contribution in [-0.2, 0) is 13.1 Å². The molecular weight excluding hydrogens is 368 g/mol. The van der Waals surface area contributed by atoms with Gasteiger partial charge in [-0.3, -0.25) is 0 Å². The van der Waals surface area contributed by atoms with E-state index in [1.165, 1.54) is 0 Å². The Labute approximate surface area is 170 Å². The van der Waals surface area contributed by atoms with Gasteiger partial charge in [-0.15, -0.1) is 0 Å². The zero-order valence-electron chi connectivity index (χ0n) is 17.7. The molecule has 1 aromatic carbocycles. The minimum atomic E-state index is 0.249. The van der Waals surface area contributed by atoms with Crippen LogP contribution in [0, 0.1) is 0 Å². The van der Waals surface area contributed by atoms with Crippen molar-refractivity contribution in [3.05, 3.63) is 47.7 Å². The SMILES string of the molecule is CC(C)c1noc(CN2C[C@H](C)N(Cc3nc(C(C)C)no3)c3ccccc32)n1. The van der Waals surface area contributed by atoms with Gasteiger partial charge in [0.25, 0.3) is 0 Å². The van der Waals surface area contributed by atoms with Gasteiger partial charge in [0.2, 0.25) is 11.8 Å². The highest BCUT2D eigenvalue weighted by Crippen LogP contribution is 2.37. The average molecular weight is 396 g/mol. The van der Waals surface area contributed by atoms with Crippen LogP contribution in [0.5, 0.6) is 0 Å². The summed E-state index contributed by atoms with van der Waals surface area (Å²) in [7, 11) is 0. The molecule has 0 amide bonds. The third-order valence-electron chi connectivity index (χ3n) is 5.18. The second-order valence-corrected chi connectivity index (χ2v) is 8.25. The number of nitrogens with zero attached hydrogens (tertiary/aromatic N) is 6. The molecule has 0 unspecified atom stereocenters. The van der Waals surface area contributed by atoms with Crippen LogP contribution in [0.15, 0.2) is 33.3 Å². The van der Waals surface area contributed by atoms with E-state index >= 15 is 0 Å². The Morgan fingerprint density at radius 2 is 1.45 bits per heavy atom. The molecule has 0 spiro atoms. The maximum Gasteiger partial charge on any atom is 0.246 e. The summed E-state index contributed by atoms with van der Waals surface area (Å²) in [6, 6.07) is 8.62. The Kier molecular flexibility index (Phi) is 5.25. The Morgan fingerprint density at radius 1 is 0.897 bits per heavy atom. The second-order valence-electron chi connectivity index (χ2n) is 8.25. The van der Waals surface area contributed by atoms with Gasteiger partial charge >= 0.3 is 0 Å². The fraction of sp³-hybridized carbons (Fsp3) is 0.524. The molecule has 0 bridgehead atoms. The van der Waals surface area contributed by atoms with Crippen molar-refractivity contribution in [3.8, 4) is 0 Å². The maximum absolute atomic E-state index is 5.49. The van der Waals surface area contributed by atoms with Gasteiger partial charge in [0.15, 0.2) is 11.6 Å². The first-order valence-corrected chi connectivity index (χ1v) is 10.2. The van der Waals surface area contributed by atoms with Crippen molar-refractivity contribution in [1.82, 2.24) is 20.3 Å². The molecule has 1 aliphatic heterocycles. The molecule has 8 nitrogen and oxygen atoms in total. The predicted molar refractivity (Wildman–Crippen MR) is 110 cm³/mol. The summed E-state index contributed by atoms with van der Waals surface area (Å²) in [6.07, 6.45) is 0. The van der Waals surface area contributed by atoms with Crippen molar-refractivity contribution < 1.29 is 9.05 Å². The normalized spacial score (nSPS) is 16.7. The van der Waals surface area contributed by atoms with Crippen molar-refractivity contribution in [2.45, 2.75) is 65.6 Å². The molecule has 29 heavy (non-hydrogen) atoms. The van der Waals surface area contributed by atoms with E-state index in [4.69, 9.17) is 9.05 Å². The summed E-state index contributed by atoms with van der Waals surface area (Å²) < 4.78 is 11.0. The summed E-state index contributed by atoms with van der Waals surface area (Å²) in [5, 5.41) is 8.19. The van der Waals surface area contributed by atoms with Gasteiger partial charge in [-0.25, -0.2) is 0 Å². The van der Waals surface area contributed by atoms with E-state index in [0.717, 1.165) is 29.6 Å². The molecule has 0 saturated heterocycles. The lowest BCUT2D eigenvalue weighted by Gasteiger charge is -2.42. The van der Waals surface area contributed by atoms with E-state index in [-0.39, 0.29) is 17.9 Å². The lowest BCUT2D eigenvalue weighted by atomic mass is 10.1. The molecule has 4 rings (SSSR count). The maximum atomic E-state index is 5.49. The molecule has 1 aliphatic rings. The van der Waals surface area contributed by atoms with Gasteiger partial charge in [-0.05, 0) is 19.1 Å². The van der Waals surface area contributed by atoms with E-state index in [9.17, 15) is 0 Å². The van der Waals surface area contributed by atoms with Crippen LogP contribution >= 0.6 is 0 Å². The van der Waals surface area contributed by atoms with Crippen LogP contribution in [0.4, 0.5) is 11.4 Å². The molecule has 0 aliphatic carbocycles. The third kappa shape index (κ3) is 3.97. The van der Waals surface area contributed by atoms with E-state index in [1.807, 2.05) is 0 Å². The van der Waals surface area contributed by atoms with Gasteiger partial charge in [0, 0.05) is 24.4 Å². The van der Waals surface area contributed by atoms with Gasteiger partial charge in [-0.2, -0.15) is 9.97 Å². The summed E-state index contributed by atoms with van der Waals surface area (Å²) >= 11 is 0. The van der Waals surface area contributed by atoms with Gasteiger partial charge in [0.1, 0.15) is 0 Å². The highest BCUT2D eigenvalue weighted by Gasteiger charge is 2.30. The van der Waals surface area contributed by atoms with Crippen LogP contribution in [-0.4, -0.2) is 32.9 Å². The molecule has 2 aromatic heterocycles. The Hall–Kier alpha value is -2.90. The van der Waals surface area contributed by atoms with Crippen molar-refractivity contribution >= 4 is 11.4 Å². The monoisotopic (exact) mass is 396 g/mol. The third-order valence-corrected chi connectivity index (χ3v) is 5.18. The molecule has 1 atom stereocenters. The number of anilines is 2. The van der Waals surface area contributed by atoms with E-state index in [1.54, 1.807) is 0 Å². The number of fused-ring (bicyclic) bond motifs is 1. The molecule has 154 valence electrons. The second kappa shape index (κ2) is 7.85. The average Bonchev–Trinajstić information content (AvgIpc) is 3.34. The quantitative estimate of drug-likeness (QED) is 0.615. The molecule has 0 radical (unpaired) electrons. The Morgan fingerprint density at radius 3 is 2.00 bits per heavy atom. The number of para-hydroxylation sites is 2. The Balaban J connectivity index is 1.57. The van der Waals surface area contributed by atoms with Crippen molar-refractivity contribution in [2.75, 3.05) is 16.3 Å². The minimum Gasteiger partial charge on any atom is -0.358 e. The number of aromatic nitrogens is 4. The highest BCUT2D eigenvalue weighted by molar-refractivity contribution is 5.73. The fourth-order valence-corrected chi connectivity index (χ4v) is 3.56. The molecule has 0 fully saturated rings. The number of benzene rings is 1. The molecule has 3 aromatic rings. The van der Waals surface area contributed by atoms with E-state index < -0.39 is 0 Å². The minimum absolute atomic E-state index is 0.249. The van der Waals surface area contributed by atoms with Crippen molar-refractivity contribution in [2.24, 2.45) is 0 Å². The van der Waals surface area contributed by atoms with Crippen LogP contribution in [0.25, 0.3) is 0 Å². The Bertz CT molecular complexity index is 963. The number of rotatable bonds is 6. The van der Waals surface area contributed by atoms with Gasteiger partial charge in [-0.1, -0.05) is 50.1 Å². The predicted octanol–water partition coefficient (Wildman–Crippen LogP) is 4.11. The number of hydrogen-bond acceptors (Lipinski definition) is 8. The zero-order chi connectivity index (χ0) is 20.5. The lowest BCUT2D eigenvalue weighted by Crippen LogP contribution is -2.47. The van der Waals surface area contributed by atoms with Crippen molar-refractivity contribution in [1.29, 1.82) is 0 Å². The first-order chi connectivity index (χ1) is 13.9. The largest absolute Gasteiger partial charge is 0.358 e. The van der Waals surface area contributed by atoms with Crippen LogP contribution < -0.4 is 9.80 Å². The van der Waals surface area contributed by atoms with Gasteiger partial charge in [0.05, 0.1) is 24.5 Å².